The van der Waals surface area contributed by atoms with E-state index in [4.69, 9.17) is 9.84 Å². The van der Waals surface area contributed by atoms with Crippen molar-refractivity contribution < 1.29 is 38.9 Å². The van der Waals surface area contributed by atoms with Crippen molar-refractivity contribution in [2.24, 2.45) is 5.10 Å². The SMILES string of the molecule is COC[C@@H]1CCCN1/N=C(\[C]1[CH][CH][CH][C]1SC)[C]1[CH][CH][CH][C]1P(c1ccccc1)c1ccccc1.[B].[CH]1[CH][CH][CH][CH]1.[CH]1[CH][CH][CH][CH]1.[Fe+2].[Fe+2]. The number of hydrogen-bond donors (Lipinski definition) is 0. The minimum Gasteiger partial charge on any atom is -0.382 e. The van der Waals surface area contributed by atoms with Crippen LogP contribution in [-0.4, -0.2) is 51.7 Å². The second-order valence-electron chi connectivity index (χ2n) is 10.6. The Labute approximate surface area is 323 Å². The van der Waals surface area contributed by atoms with Gasteiger partial charge in [0, 0.05) is 44.8 Å². The summed E-state index contributed by atoms with van der Waals surface area (Å²) < 4.78 is 5.53. The molecule has 1 heterocycles. The van der Waals surface area contributed by atoms with Crippen molar-refractivity contribution in [3.8, 4) is 0 Å². The van der Waals surface area contributed by atoms with Crippen molar-refractivity contribution in [1.82, 2.24) is 5.01 Å². The van der Waals surface area contributed by atoms with Gasteiger partial charge in [-0.15, -0.1) is 0 Å². The molecule has 243 valence electrons. The van der Waals surface area contributed by atoms with Gasteiger partial charge in [-0.3, -0.25) is 5.01 Å². The second-order valence-corrected chi connectivity index (χ2v) is 13.7. The number of nitrogens with zero attached hydrogens (tertiary/aromatic N) is 2. The first kappa shape index (κ1) is 43.9. The molecule has 1 saturated heterocycles. The van der Waals surface area contributed by atoms with Gasteiger partial charge >= 0.3 is 34.1 Å². The maximum atomic E-state index is 5.53. The van der Waals surface area contributed by atoms with Crippen molar-refractivity contribution in [3.05, 3.63) is 186 Å². The van der Waals surface area contributed by atoms with Gasteiger partial charge in [0.1, 0.15) is 0 Å². The van der Waals surface area contributed by atoms with E-state index in [0.717, 1.165) is 25.1 Å². The number of thioether (sulfide) groups is 1. The van der Waals surface area contributed by atoms with Gasteiger partial charge in [-0.1, -0.05) is 60.7 Å². The van der Waals surface area contributed by atoms with E-state index in [-0.39, 0.29) is 42.6 Å². The Morgan fingerprint density at radius 3 is 1.73 bits per heavy atom. The average molecular weight is 751 g/mol. The summed E-state index contributed by atoms with van der Waals surface area (Å²) in [6, 6.07) is 22.1. The van der Waals surface area contributed by atoms with Gasteiger partial charge in [-0.25, -0.2) is 0 Å². The first-order valence-electron chi connectivity index (χ1n) is 15.4. The summed E-state index contributed by atoms with van der Waals surface area (Å²) in [7, 11) is 1.07. The molecule has 0 spiro atoms. The van der Waals surface area contributed by atoms with Crippen LogP contribution in [0.25, 0.3) is 0 Å². The molecule has 1 aliphatic heterocycles. The largest absolute Gasteiger partial charge is 2.00 e. The Hall–Kier alpha value is -0.246. The number of methoxy groups -OCH3 is 1. The number of hydrazone groups is 1. The van der Waals surface area contributed by atoms with Gasteiger partial charge in [0.25, 0.3) is 0 Å². The summed E-state index contributed by atoms with van der Waals surface area (Å²) in [5.74, 6) is 2.44. The zero-order chi connectivity index (χ0) is 31.1. The minimum atomic E-state index is -0.719. The average Bonchev–Trinajstić information content (AvgIpc) is 3.94. The topological polar surface area (TPSA) is 24.8 Å². The summed E-state index contributed by atoms with van der Waals surface area (Å²) >= 11 is 1.78. The fraction of sp³-hybridized carbons (Fsp3) is 0.175. The molecule has 3 nitrogen and oxygen atoms in total. The maximum absolute atomic E-state index is 5.53. The van der Waals surface area contributed by atoms with E-state index in [9.17, 15) is 0 Å². The van der Waals surface area contributed by atoms with E-state index in [1.54, 1.807) is 18.9 Å². The quantitative estimate of drug-likeness (QED) is 0.156. The Morgan fingerprint density at radius 2 is 1.23 bits per heavy atom. The molecule has 5 aliphatic rings. The number of hydrogen-bond acceptors (Lipinski definition) is 4. The van der Waals surface area contributed by atoms with E-state index >= 15 is 0 Å². The molecule has 2 aromatic rings. The molecule has 48 heavy (non-hydrogen) atoms. The summed E-state index contributed by atoms with van der Waals surface area (Å²) in [6.45, 7) is 1.68. The third-order valence-electron chi connectivity index (χ3n) is 7.61. The van der Waals surface area contributed by atoms with Crippen LogP contribution < -0.4 is 10.6 Å². The molecule has 23 radical (unpaired) electrons. The monoisotopic (exact) mass is 751 g/mol. The van der Waals surface area contributed by atoms with Crippen molar-refractivity contribution >= 4 is 44.4 Å². The second kappa shape index (κ2) is 24.9. The van der Waals surface area contributed by atoms with Crippen LogP contribution in [-0.2, 0) is 38.9 Å². The van der Waals surface area contributed by atoms with Gasteiger partial charge in [0.15, 0.2) is 0 Å². The molecule has 0 amide bonds. The number of rotatable bonds is 9. The molecule has 8 heteroatoms. The fourth-order valence-corrected chi connectivity index (χ4v) is 8.55. The molecule has 0 N–H and O–H groups in total. The molecular formula is C40H41BFe2N2OPS+4. The number of benzene rings is 2. The van der Waals surface area contributed by atoms with Crippen molar-refractivity contribution in [1.29, 1.82) is 0 Å². The maximum Gasteiger partial charge on any atom is 2.00 e. The predicted molar refractivity (Wildman–Crippen MR) is 199 cm³/mol. The minimum absolute atomic E-state index is 0. The van der Waals surface area contributed by atoms with Crippen LogP contribution in [0, 0.1) is 125 Å². The molecule has 5 fully saturated rings. The molecule has 0 bridgehead atoms. The fourth-order valence-electron chi connectivity index (χ4n) is 5.50. The predicted octanol–water partition coefficient (Wildman–Crippen LogP) is 7.07. The molecule has 4 aliphatic carbocycles. The van der Waals surface area contributed by atoms with Crippen LogP contribution in [0.2, 0.25) is 0 Å². The van der Waals surface area contributed by atoms with Gasteiger partial charge < -0.3 is 4.74 Å². The molecule has 7 rings (SSSR count). The zero-order valence-corrected chi connectivity index (χ0v) is 31.3. The van der Waals surface area contributed by atoms with E-state index in [2.05, 4.69) is 110 Å². The zero-order valence-electron chi connectivity index (χ0n) is 27.4. The Balaban J connectivity index is 0.000000528. The van der Waals surface area contributed by atoms with Crippen molar-refractivity contribution in [3.63, 3.8) is 0 Å². The van der Waals surface area contributed by atoms with Crippen LogP contribution in [0.3, 0.4) is 0 Å². The molecule has 0 unspecified atom stereocenters. The van der Waals surface area contributed by atoms with Gasteiger partial charge in [0.05, 0.1) is 18.4 Å². The van der Waals surface area contributed by atoms with Gasteiger partial charge in [0.2, 0.25) is 0 Å². The smallest absolute Gasteiger partial charge is 0.382 e. The molecule has 1 atom stereocenters. The Morgan fingerprint density at radius 1 is 0.729 bits per heavy atom. The van der Waals surface area contributed by atoms with Crippen LogP contribution in [0.15, 0.2) is 65.8 Å². The first-order valence-corrected chi connectivity index (χ1v) is 18.0. The van der Waals surface area contributed by atoms with E-state index in [1.165, 1.54) is 33.4 Å². The Bertz CT molecular complexity index is 1060. The molecular weight excluding hydrogens is 710 g/mol. The third-order valence-corrected chi connectivity index (χ3v) is 10.9. The molecule has 2 aromatic carbocycles. The summed E-state index contributed by atoms with van der Waals surface area (Å²) in [6.07, 6.45) is 37.7. The first-order chi connectivity index (χ1) is 22.3. The number of ether oxygens (including phenoxy) is 1. The van der Waals surface area contributed by atoms with E-state index in [0.29, 0.717) is 12.6 Å². The third kappa shape index (κ3) is 12.8. The summed E-state index contributed by atoms with van der Waals surface area (Å²) in [4.78, 5) is 0. The van der Waals surface area contributed by atoms with Crippen LogP contribution in [0.1, 0.15) is 12.8 Å². The van der Waals surface area contributed by atoms with Crippen LogP contribution >= 0.6 is 19.7 Å². The van der Waals surface area contributed by atoms with E-state index < -0.39 is 7.92 Å². The van der Waals surface area contributed by atoms with Crippen molar-refractivity contribution in [2.45, 2.75) is 18.9 Å². The standard InChI is InChI=1S/C30H31N2OPS.2C5H5.B.2Fe/c1-33-22-23-12-11-21-32(23)31-30(27-18-10-20-29(27)35-2)26-17-9-19-28(26)34(24-13-5-3-6-14-24)25-15-7-4-8-16-25;2*1-2-4-5-3-1;;;/h3-10,13-20,23H,11-12,21-22H2,1-2H3;2*1-5H;;;/q;;;;2*+2/b31-30-;;;;;/t23-;;;;;/m0...../s1. The van der Waals surface area contributed by atoms with Gasteiger partial charge in [-0.05, 0) is 140 Å². The molecule has 4 saturated carbocycles. The summed E-state index contributed by atoms with van der Waals surface area (Å²) in [5, 5.41) is 11.6. The Kier molecular flexibility index (Phi) is 22.7. The van der Waals surface area contributed by atoms with E-state index in [1.807, 2.05) is 64.2 Å². The molecule has 0 aromatic heterocycles. The summed E-state index contributed by atoms with van der Waals surface area (Å²) in [5.41, 5.74) is 2.42. The van der Waals surface area contributed by atoms with Gasteiger partial charge in [-0.2, -0.15) is 16.9 Å². The normalized spacial score (nSPS) is 21.9. The van der Waals surface area contributed by atoms with Crippen LogP contribution in [0.4, 0.5) is 0 Å². The van der Waals surface area contributed by atoms with Crippen molar-refractivity contribution in [2.75, 3.05) is 26.5 Å². The van der Waals surface area contributed by atoms with Crippen LogP contribution in [0.5, 0.6) is 0 Å².